The summed E-state index contributed by atoms with van der Waals surface area (Å²) in [5, 5.41) is 0. The van der Waals surface area contributed by atoms with Gasteiger partial charge in [0.05, 0.1) is 27.7 Å². The molecule has 1 unspecified atom stereocenters. The molecule has 0 aliphatic rings. The largest absolute Gasteiger partial charge is 0.756 e. The lowest BCUT2D eigenvalue weighted by atomic mass is 10.0. The summed E-state index contributed by atoms with van der Waals surface area (Å²) < 4.78 is 34.0. The molecule has 0 amide bonds. The van der Waals surface area contributed by atoms with Gasteiger partial charge < -0.3 is 27.9 Å². The number of hydrogen-bond donors (Lipinski definition) is 0. The molecular weight excluding hydrogens is 725 g/mol. The number of carbonyl (C=O) groups excluding carboxylic acids is 2. The minimum Gasteiger partial charge on any atom is -0.756 e. The van der Waals surface area contributed by atoms with Gasteiger partial charge in [0.25, 0.3) is 7.82 Å². The van der Waals surface area contributed by atoms with Crippen molar-refractivity contribution >= 4 is 19.8 Å². The Kier molecular flexibility index (Phi) is 38.3. The van der Waals surface area contributed by atoms with Crippen molar-refractivity contribution in [1.29, 1.82) is 0 Å². The van der Waals surface area contributed by atoms with E-state index in [-0.39, 0.29) is 32.0 Å². The Morgan fingerprint density at radius 1 is 0.536 bits per heavy atom. The Labute approximate surface area is 346 Å². The van der Waals surface area contributed by atoms with Crippen LogP contribution in [-0.4, -0.2) is 70.0 Å². The smallest absolute Gasteiger partial charge is 0.306 e. The van der Waals surface area contributed by atoms with Crippen molar-refractivity contribution in [3.05, 3.63) is 12.2 Å². The molecule has 0 heterocycles. The monoisotopic (exact) mass is 816 g/mol. The minimum atomic E-state index is -4.62. The van der Waals surface area contributed by atoms with E-state index >= 15 is 0 Å². The Hall–Kier alpha value is -1.25. The second kappa shape index (κ2) is 39.2. The molecule has 0 radical (unpaired) electrons. The molecule has 9 nitrogen and oxygen atoms in total. The number of quaternary nitrogens is 1. The summed E-state index contributed by atoms with van der Waals surface area (Å²) in [5.74, 6) is -0.828. The average molecular weight is 816 g/mol. The van der Waals surface area contributed by atoms with E-state index in [1.165, 1.54) is 141 Å². The van der Waals surface area contributed by atoms with Crippen LogP contribution in [-0.2, 0) is 32.7 Å². The fourth-order valence-corrected chi connectivity index (χ4v) is 7.32. The molecule has 0 bridgehead atoms. The molecule has 332 valence electrons. The lowest BCUT2D eigenvalue weighted by molar-refractivity contribution is -0.870. The molecule has 0 rings (SSSR count). The van der Waals surface area contributed by atoms with Crippen molar-refractivity contribution in [2.45, 2.75) is 225 Å². The third-order valence-corrected chi connectivity index (χ3v) is 11.2. The zero-order valence-electron chi connectivity index (χ0n) is 37.3. The maximum atomic E-state index is 12.7. The molecule has 0 aliphatic carbocycles. The van der Waals surface area contributed by atoms with Gasteiger partial charge in [0.15, 0.2) is 6.10 Å². The van der Waals surface area contributed by atoms with Gasteiger partial charge in [-0.05, 0) is 38.5 Å². The Balaban J connectivity index is 4.29. The molecule has 0 aliphatic heterocycles. The van der Waals surface area contributed by atoms with Crippen LogP contribution in [0.15, 0.2) is 12.2 Å². The van der Waals surface area contributed by atoms with E-state index in [1.807, 2.05) is 21.1 Å². The minimum absolute atomic E-state index is 0.0281. The van der Waals surface area contributed by atoms with Gasteiger partial charge in [0.2, 0.25) is 0 Å². The van der Waals surface area contributed by atoms with E-state index in [2.05, 4.69) is 26.0 Å². The Bertz CT molecular complexity index is 969. The van der Waals surface area contributed by atoms with Crippen molar-refractivity contribution in [3.8, 4) is 0 Å². The molecule has 0 fully saturated rings. The van der Waals surface area contributed by atoms with Crippen LogP contribution in [0.3, 0.4) is 0 Å². The third-order valence-electron chi connectivity index (χ3n) is 10.3. The number of ether oxygens (including phenoxy) is 2. The highest BCUT2D eigenvalue weighted by molar-refractivity contribution is 7.45. The number of rotatable bonds is 43. The first kappa shape index (κ1) is 54.8. The van der Waals surface area contributed by atoms with Crippen molar-refractivity contribution in [2.75, 3.05) is 47.5 Å². The molecule has 0 aromatic heterocycles. The van der Waals surface area contributed by atoms with E-state index in [0.29, 0.717) is 17.4 Å². The highest BCUT2D eigenvalue weighted by Crippen LogP contribution is 2.38. The van der Waals surface area contributed by atoms with E-state index in [0.717, 1.165) is 44.9 Å². The number of phosphoric acid groups is 1. The predicted molar refractivity (Wildman–Crippen MR) is 231 cm³/mol. The quantitative estimate of drug-likeness (QED) is 0.0197. The molecule has 56 heavy (non-hydrogen) atoms. The number of unbranched alkanes of at least 4 members (excludes halogenated alkanes) is 27. The number of phosphoric ester groups is 1. The molecule has 2 atom stereocenters. The van der Waals surface area contributed by atoms with Gasteiger partial charge in [-0.3, -0.25) is 14.2 Å². The predicted octanol–water partition coefficient (Wildman–Crippen LogP) is 12.7. The number of carbonyl (C=O) groups is 2. The van der Waals surface area contributed by atoms with E-state index in [4.69, 9.17) is 18.5 Å². The summed E-state index contributed by atoms with van der Waals surface area (Å²) in [5.41, 5.74) is 0. The summed E-state index contributed by atoms with van der Waals surface area (Å²) >= 11 is 0. The van der Waals surface area contributed by atoms with Crippen molar-refractivity contribution < 1.29 is 42.1 Å². The number of esters is 2. The van der Waals surface area contributed by atoms with Gasteiger partial charge >= 0.3 is 11.9 Å². The van der Waals surface area contributed by atoms with Crippen LogP contribution in [0.1, 0.15) is 219 Å². The topological polar surface area (TPSA) is 111 Å². The zero-order chi connectivity index (χ0) is 41.4. The van der Waals surface area contributed by atoms with E-state index in [1.54, 1.807) is 0 Å². The first-order valence-electron chi connectivity index (χ1n) is 23.4. The fourth-order valence-electron chi connectivity index (χ4n) is 6.59. The molecule has 0 aromatic rings. The molecule has 0 saturated carbocycles. The first-order valence-corrected chi connectivity index (χ1v) is 24.9. The van der Waals surface area contributed by atoms with Crippen LogP contribution in [0.5, 0.6) is 0 Å². The Morgan fingerprint density at radius 2 is 0.911 bits per heavy atom. The van der Waals surface area contributed by atoms with Gasteiger partial charge in [-0.2, -0.15) is 0 Å². The number of nitrogens with zero attached hydrogens (tertiary/aromatic N) is 1. The molecule has 0 N–H and O–H groups in total. The first-order chi connectivity index (χ1) is 27.0. The maximum absolute atomic E-state index is 12.7. The number of hydrogen-bond acceptors (Lipinski definition) is 8. The lowest BCUT2D eigenvalue weighted by Gasteiger charge is -2.28. The van der Waals surface area contributed by atoms with E-state index < -0.39 is 26.5 Å². The number of likely N-dealkylation sites (N-methyl/N-ethyl adjacent to an activating group) is 1. The van der Waals surface area contributed by atoms with Crippen LogP contribution in [0.2, 0.25) is 0 Å². The second-order valence-corrected chi connectivity index (χ2v) is 18.5. The molecule has 0 spiro atoms. The van der Waals surface area contributed by atoms with E-state index in [9.17, 15) is 19.0 Å². The molecule has 0 aromatic carbocycles. The summed E-state index contributed by atoms with van der Waals surface area (Å²) in [6.07, 6.45) is 40.9. The zero-order valence-corrected chi connectivity index (χ0v) is 38.2. The standard InChI is InChI=1S/C46H90NO8P/c1-6-8-10-12-14-16-18-20-22-23-25-27-29-31-33-35-37-39-46(49)55-44(43-54-56(50,51)53-41-40-47(3,4)5)42-52-45(48)38-36-34-32-30-28-26-24-21-19-17-15-13-11-9-7-2/h17,19,44H,6-16,18,20-43H2,1-5H3/b19-17-/t44-/m1/s1. The van der Waals surface area contributed by atoms with Crippen molar-refractivity contribution in [3.63, 3.8) is 0 Å². The van der Waals surface area contributed by atoms with Crippen LogP contribution >= 0.6 is 7.82 Å². The highest BCUT2D eigenvalue weighted by Gasteiger charge is 2.21. The molecule has 10 heteroatoms. The average Bonchev–Trinajstić information content (AvgIpc) is 3.15. The molecule has 0 saturated heterocycles. The van der Waals surface area contributed by atoms with Crippen LogP contribution < -0.4 is 4.89 Å². The van der Waals surface area contributed by atoms with Crippen LogP contribution in [0.25, 0.3) is 0 Å². The lowest BCUT2D eigenvalue weighted by Crippen LogP contribution is -2.37. The summed E-state index contributed by atoms with van der Waals surface area (Å²) in [7, 11) is 1.17. The van der Waals surface area contributed by atoms with Crippen molar-refractivity contribution in [2.24, 2.45) is 0 Å². The van der Waals surface area contributed by atoms with Gasteiger partial charge in [-0.25, -0.2) is 0 Å². The van der Waals surface area contributed by atoms with Crippen LogP contribution in [0, 0.1) is 0 Å². The van der Waals surface area contributed by atoms with Gasteiger partial charge in [0.1, 0.15) is 19.8 Å². The SMILES string of the molecule is CCCCCC/C=C\CCCCCCCCCC(=O)OC[C@H](COP(=O)([O-])OCC[N+](C)(C)C)OC(=O)CCCCCCCCCCCCCCCCCCC. The normalized spacial score (nSPS) is 13.6. The summed E-state index contributed by atoms with van der Waals surface area (Å²) in [6.45, 7) is 4.24. The van der Waals surface area contributed by atoms with Crippen LogP contribution in [0.4, 0.5) is 0 Å². The van der Waals surface area contributed by atoms with Gasteiger partial charge in [0, 0.05) is 12.8 Å². The fraction of sp³-hybridized carbons (Fsp3) is 0.913. The van der Waals surface area contributed by atoms with Crippen molar-refractivity contribution in [1.82, 2.24) is 0 Å². The second-order valence-electron chi connectivity index (χ2n) is 17.1. The van der Waals surface area contributed by atoms with Gasteiger partial charge in [-0.1, -0.05) is 180 Å². The number of allylic oxidation sites excluding steroid dienone is 2. The third kappa shape index (κ3) is 42.4. The maximum Gasteiger partial charge on any atom is 0.306 e. The summed E-state index contributed by atoms with van der Waals surface area (Å²) in [4.78, 5) is 37.6. The van der Waals surface area contributed by atoms with Gasteiger partial charge in [-0.15, -0.1) is 0 Å². The summed E-state index contributed by atoms with van der Waals surface area (Å²) in [6, 6.07) is 0. The molecular formula is C46H90NO8P. The Morgan fingerprint density at radius 3 is 1.34 bits per heavy atom. The highest BCUT2D eigenvalue weighted by atomic mass is 31.2.